The summed E-state index contributed by atoms with van der Waals surface area (Å²) in [7, 11) is 0. The van der Waals surface area contributed by atoms with E-state index in [1.165, 1.54) is 11.1 Å². The van der Waals surface area contributed by atoms with Crippen molar-refractivity contribution >= 4 is 22.0 Å². The Kier molecular flexibility index (Phi) is 5.42. The number of aromatic nitrogens is 2. The molecule has 24 heavy (non-hydrogen) atoms. The van der Waals surface area contributed by atoms with Crippen molar-refractivity contribution in [2.75, 3.05) is 6.54 Å². The Labute approximate surface area is 149 Å². The summed E-state index contributed by atoms with van der Waals surface area (Å²) in [5.41, 5.74) is 2.51. The summed E-state index contributed by atoms with van der Waals surface area (Å²) >= 11 is 3.29. The SMILES string of the molecule is CC(NC(=O)NC[C@@H]1Cc2ccccc2CO1)c1ncc(Br)cn1. The summed E-state index contributed by atoms with van der Waals surface area (Å²) in [5.74, 6) is 0.566. The summed E-state index contributed by atoms with van der Waals surface area (Å²) in [6.45, 7) is 2.90. The minimum absolute atomic E-state index is 0.00936. The average Bonchev–Trinajstić information content (AvgIpc) is 2.60. The van der Waals surface area contributed by atoms with Crippen LogP contribution >= 0.6 is 15.9 Å². The van der Waals surface area contributed by atoms with Crippen molar-refractivity contribution in [1.29, 1.82) is 0 Å². The van der Waals surface area contributed by atoms with Crippen LogP contribution in [0.4, 0.5) is 4.79 Å². The highest BCUT2D eigenvalue weighted by molar-refractivity contribution is 9.10. The zero-order chi connectivity index (χ0) is 16.9. The Hall–Kier alpha value is -1.99. The van der Waals surface area contributed by atoms with E-state index < -0.39 is 0 Å². The zero-order valence-electron chi connectivity index (χ0n) is 13.3. The summed E-state index contributed by atoms with van der Waals surface area (Å²) in [6.07, 6.45) is 4.11. The fourth-order valence-corrected chi connectivity index (χ4v) is 2.81. The van der Waals surface area contributed by atoms with Crippen LogP contribution < -0.4 is 10.6 Å². The number of fused-ring (bicyclic) bond motifs is 1. The van der Waals surface area contributed by atoms with E-state index in [2.05, 4.69) is 48.7 Å². The lowest BCUT2D eigenvalue weighted by Crippen LogP contribution is -2.43. The molecule has 0 saturated heterocycles. The number of carbonyl (C=O) groups is 1. The molecule has 0 fully saturated rings. The van der Waals surface area contributed by atoms with Crippen LogP contribution in [0.15, 0.2) is 41.1 Å². The maximum atomic E-state index is 12.0. The van der Waals surface area contributed by atoms with Crippen molar-refractivity contribution in [1.82, 2.24) is 20.6 Å². The molecular formula is C17H19BrN4O2. The van der Waals surface area contributed by atoms with Crippen LogP contribution in [0.5, 0.6) is 0 Å². The third-order valence-corrected chi connectivity index (χ3v) is 4.32. The van der Waals surface area contributed by atoms with Crippen LogP contribution in [0.1, 0.15) is 29.9 Å². The first kappa shape index (κ1) is 16.9. The number of urea groups is 1. The van der Waals surface area contributed by atoms with Gasteiger partial charge in [0.05, 0.1) is 23.2 Å². The molecule has 3 rings (SSSR count). The molecule has 0 saturated carbocycles. The first-order chi connectivity index (χ1) is 11.6. The molecule has 2 atom stereocenters. The highest BCUT2D eigenvalue weighted by Crippen LogP contribution is 2.19. The van der Waals surface area contributed by atoms with Crippen molar-refractivity contribution < 1.29 is 9.53 Å². The minimum atomic E-state index is -0.272. The van der Waals surface area contributed by atoms with Crippen molar-refractivity contribution in [3.63, 3.8) is 0 Å². The zero-order valence-corrected chi connectivity index (χ0v) is 14.9. The molecule has 2 N–H and O–H groups in total. The van der Waals surface area contributed by atoms with E-state index in [0.29, 0.717) is 19.0 Å². The molecule has 1 unspecified atom stereocenters. The second-order valence-electron chi connectivity index (χ2n) is 5.74. The van der Waals surface area contributed by atoms with Crippen LogP contribution in [0.25, 0.3) is 0 Å². The van der Waals surface area contributed by atoms with Gasteiger partial charge in [-0.1, -0.05) is 24.3 Å². The van der Waals surface area contributed by atoms with Crippen LogP contribution in [-0.2, 0) is 17.8 Å². The molecule has 0 bridgehead atoms. The number of benzene rings is 1. The number of halogens is 1. The van der Waals surface area contributed by atoms with Crippen molar-refractivity contribution in [2.45, 2.75) is 32.1 Å². The minimum Gasteiger partial charge on any atom is -0.371 e. The molecule has 1 aliphatic rings. The van der Waals surface area contributed by atoms with E-state index in [9.17, 15) is 4.79 Å². The topological polar surface area (TPSA) is 76.1 Å². The van der Waals surface area contributed by atoms with Gasteiger partial charge in [-0.25, -0.2) is 14.8 Å². The Balaban J connectivity index is 1.47. The Morgan fingerprint density at radius 1 is 1.33 bits per heavy atom. The third-order valence-electron chi connectivity index (χ3n) is 3.91. The van der Waals surface area contributed by atoms with Gasteiger partial charge in [-0.15, -0.1) is 0 Å². The maximum absolute atomic E-state index is 12.0. The van der Waals surface area contributed by atoms with Crippen molar-refractivity contribution in [3.05, 3.63) is 58.1 Å². The second kappa shape index (κ2) is 7.72. The molecule has 2 amide bonds. The number of amides is 2. The number of nitrogens with one attached hydrogen (secondary N) is 2. The fraction of sp³-hybridized carbons (Fsp3) is 0.353. The monoisotopic (exact) mass is 390 g/mol. The van der Waals surface area contributed by atoms with E-state index in [1.54, 1.807) is 12.4 Å². The number of nitrogens with zero attached hydrogens (tertiary/aromatic N) is 2. The Morgan fingerprint density at radius 3 is 2.79 bits per heavy atom. The van der Waals surface area contributed by atoms with Gasteiger partial charge in [0.25, 0.3) is 0 Å². The first-order valence-electron chi connectivity index (χ1n) is 7.82. The van der Waals surface area contributed by atoms with Gasteiger partial charge in [-0.05, 0) is 34.0 Å². The maximum Gasteiger partial charge on any atom is 0.315 e. The third kappa shape index (κ3) is 4.30. The summed E-state index contributed by atoms with van der Waals surface area (Å²) in [4.78, 5) is 20.4. The van der Waals surface area contributed by atoms with E-state index in [0.717, 1.165) is 10.9 Å². The first-order valence-corrected chi connectivity index (χ1v) is 8.61. The average molecular weight is 391 g/mol. The van der Waals surface area contributed by atoms with E-state index in [-0.39, 0.29) is 18.2 Å². The largest absolute Gasteiger partial charge is 0.371 e. The van der Waals surface area contributed by atoms with Crippen molar-refractivity contribution in [2.24, 2.45) is 0 Å². The van der Waals surface area contributed by atoms with Gasteiger partial charge in [0, 0.05) is 25.4 Å². The van der Waals surface area contributed by atoms with Gasteiger partial charge < -0.3 is 15.4 Å². The Morgan fingerprint density at radius 2 is 2.04 bits per heavy atom. The van der Waals surface area contributed by atoms with Gasteiger partial charge >= 0.3 is 6.03 Å². The molecule has 6 nitrogen and oxygen atoms in total. The lowest BCUT2D eigenvalue weighted by molar-refractivity contribution is 0.0305. The highest BCUT2D eigenvalue weighted by Gasteiger charge is 2.20. The lowest BCUT2D eigenvalue weighted by Gasteiger charge is -2.25. The highest BCUT2D eigenvalue weighted by atomic mass is 79.9. The van der Waals surface area contributed by atoms with Crippen LogP contribution in [0.3, 0.4) is 0 Å². The van der Waals surface area contributed by atoms with Crippen LogP contribution in [0.2, 0.25) is 0 Å². The number of ether oxygens (including phenoxy) is 1. The molecule has 1 aromatic heterocycles. The summed E-state index contributed by atoms with van der Waals surface area (Å²) in [6, 6.07) is 7.70. The quantitative estimate of drug-likeness (QED) is 0.841. The van der Waals surface area contributed by atoms with Gasteiger partial charge in [0.15, 0.2) is 0 Å². The normalized spacial score (nSPS) is 17.7. The molecule has 0 spiro atoms. The number of rotatable bonds is 4. The van der Waals surface area contributed by atoms with E-state index >= 15 is 0 Å². The lowest BCUT2D eigenvalue weighted by atomic mass is 9.99. The molecule has 7 heteroatoms. The van der Waals surface area contributed by atoms with Crippen molar-refractivity contribution in [3.8, 4) is 0 Å². The molecule has 2 aromatic rings. The standard InChI is InChI=1S/C17H19BrN4O2/c1-11(16-19-7-14(18)8-20-16)22-17(23)21-9-15-6-12-4-2-3-5-13(12)10-24-15/h2-5,7-8,11,15H,6,9-10H2,1H3,(H2,21,22,23)/t11?,15-/m0/s1. The van der Waals surface area contributed by atoms with Gasteiger partial charge in [-0.2, -0.15) is 0 Å². The Bertz CT molecular complexity index is 708. The van der Waals surface area contributed by atoms with Crippen LogP contribution in [-0.4, -0.2) is 28.6 Å². The molecule has 2 heterocycles. The molecule has 126 valence electrons. The van der Waals surface area contributed by atoms with Gasteiger partial charge in [0.1, 0.15) is 5.82 Å². The number of hydrogen-bond donors (Lipinski definition) is 2. The van der Waals surface area contributed by atoms with Gasteiger partial charge in [0.2, 0.25) is 0 Å². The molecule has 0 aliphatic carbocycles. The number of carbonyl (C=O) groups excluding carboxylic acids is 1. The molecule has 1 aliphatic heterocycles. The molecule has 1 aromatic carbocycles. The van der Waals surface area contributed by atoms with E-state index in [4.69, 9.17) is 4.74 Å². The van der Waals surface area contributed by atoms with Crippen LogP contribution in [0, 0.1) is 0 Å². The molecular weight excluding hydrogens is 372 g/mol. The van der Waals surface area contributed by atoms with Gasteiger partial charge in [-0.3, -0.25) is 0 Å². The van der Waals surface area contributed by atoms with E-state index in [1.807, 2.05) is 19.1 Å². The predicted octanol–water partition coefficient (Wildman–Crippen LogP) is 2.74. The number of hydrogen-bond acceptors (Lipinski definition) is 4. The summed E-state index contributed by atoms with van der Waals surface area (Å²) < 4.78 is 6.59. The second-order valence-corrected chi connectivity index (χ2v) is 6.66. The smallest absolute Gasteiger partial charge is 0.315 e. The predicted molar refractivity (Wildman–Crippen MR) is 93.4 cm³/mol. The fourth-order valence-electron chi connectivity index (χ4n) is 2.61. The molecule has 0 radical (unpaired) electrons. The summed E-state index contributed by atoms with van der Waals surface area (Å²) in [5, 5.41) is 5.68.